The zero-order valence-corrected chi connectivity index (χ0v) is 11.8. The van der Waals surface area contributed by atoms with Crippen LogP contribution in [0.2, 0.25) is 0 Å². The molecule has 16 heavy (non-hydrogen) atoms. The maximum Gasteiger partial charge on any atom is 0.224 e. The Morgan fingerprint density at radius 3 is 2.56 bits per heavy atom. The molecular formula is C9H6Br2N2O2S. The van der Waals surface area contributed by atoms with Gasteiger partial charge in [-0.15, -0.1) is 0 Å². The second-order valence-corrected chi connectivity index (χ2v) is 6.66. The van der Waals surface area contributed by atoms with E-state index in [-0.39, 0.29) is 9.92 Å². The molecule has 0 aliphatic rings. The summed E-state index contributed by atoms with van der Waals surface area (Å²) in [6.45, 7) is 0. The van der Waals surface area contributed by atoms with E-state index < -0.39 is 9.84 Å². The van der Waals surface area contributed by atoms with Crippen LogP contribution in [-0.2, 0) is 9.84 Å². The molecule has 0 fully saturated rings. The normalized spacial score (nSPS) is 11.6. The van der Waals surface area contributed by atoms with E-state index >= 15 is 0 Å². The lowest BCUT2D eigenvalue weighted by Gasteiger charge is -2.02. The van der Waals surface area contributed by atoms with Crippen LogP contribution in [0.4, 0.5) is 0 Å². The number of halogens is 2. The lowest BCUT2D eigenvalue weighted by Crippen LogP contribution is -2.03. The highest BCUT2D eigenvalue weighted by atomic mass is 79.9. The van der Waals surface area contributed by atoms with E-state index in [0.29, 0.717) is 8.95 Å². The van der Waals surface area contributed by atoms with Gasteiger partial charge < -0.3 is 0 Å². The van der Waals surface area contributed by atoms with Gasteiger partial charge >= 0.3 is 0 Å². The molecule has 0 atom stereocenters. The Balaban J connectivity index is 2.61. The molecule has 0 aliphatic heterocycles. The lowest BCUT2D eigenvalue weighted by molar-refractivity contribution is 0.591. The minimum absolute atomic E-state index is 0.0607. The van der Waals surface area contributed by atoms with E-state index in [0.717, 1.165) is 0 Å². The maximum absolute atomic E-state index is 12.1. The summed E-state index contributed by atoms with van der Waals surface area (Å²) < 4.78 is 25.4. The molecule has 1 heterocycles. The highest BCUT2D eigenvalue weighted by molar-refractivity contribution is 9.10. The van der Waals surface area contributed by atoms with Crippen LogP contribution in [-0.4, -0.2) is 18.6 Å². The molecule has 84 valence electrons. The number of benzene rings is 1. The van der Waals surface area contributed by atoms with Crippen molar-refractivity contribution in [2.75, 3.05) is 0 Å². The maximum atomic E-state index is 12.1. The van der Waals surface area contributed by atoms with Crippen molar-refractivity contribution < 1.29 is 8.42 Å². The van der Waals surface area contributed by atoms with Gasteiger partial charge in [0.15, 0.2) is 5.03 Å². The molecule has 0 spiro atoms. The van der Waals surface area contributed by atoms with Crippen molar-refractivity contribution >= 4 is 41.7 Å². The number of hydrogen-bond acceptors (Lipinski definition) is 3. The molecule has 1 aromatic heterocycles. The van der Waals surface area contributed by atoms with Gasteiger partial charge in [-0.2, -0.15) is 5.10 Å². The number of rotatable bonds is 2. The van der Waals surface area contributed by atoms with E-state index in [2.05, 4.69) is 42.1 Å². The average molecular weight is 366 g/mol. The summed E-state index contributed by atoms with van der Waals surface area (Å²) in [5.41, 5.74) is 0. The Morgan fingerprint density at radius 1 is 1.25 bits per heavy atom. The number of aromatic amines is 1. The molecule has 0 aliphatic carbocycles. The monoisotopic (exact) mass is 364 g/mol. The van der Waals surface area contributed by atoms with Crippen LogP contribution in [0.15, 0.2) is 49.3 Å². The summed E-state index contributed by atoms with van der Waals surface area (Å²) in [4.78, 5) is 0.215. The highest BCUT2D eigenvalue weighted by Gasteiger charge is 2.22. The van der Waals surface area contributed by atoms with Gasteiger partial charge in [0.1, 0.15) is 0 Å². The first-order valence-electron chi connectivity index (χ1n) is 4.21. The molecule has 0 bridgehead atoms. The smallest absolute Gasteiger partial charge is 0.224 e. The van der Waals surface area contributed by atoms with Crippen molar-refractivity contribution in [1.82, 2.24) is 10.2 Å². The van der Waals surface area contributed by atoms with Crippen molar-refractivity contribution in [3.05, 3.63) is 39.4 Å². The zero-order chi connectivity index (χ0) is 11.8. The molecule has 0 saturated heterocycles. The standard InChI is InChI=1S/C9H6Br2N2O2S/c10-6-2-1-3-7(4-6)16(14,15)9-8(11)5-12-13-9/h1-5H,(H,12,13). The van der Waals surface area contributed by atoms with Crippen molar-refractivity contribution in [2.45, 2.75) is 9.92 Å². The predicted molar refractivity (Wildman–Crippen MR) is 65.9 cm³/mol. The molecule has 2 aromatic rings. The number of hydrogen-bond donors (Lipinski definition) is 1. The highest BCUT2D eigenvalue weighted by Crippen LogP contribution is 2.26. The van der Waals surface area contributed by atoms with Gasteiger partial charge in [-0.3, -0.25) is 5.10 Å². The summed E-state index contributed by atoms with van der Waals surface area (Å²) in [6.07, 6.45) is 1.41. The van der Waals surface area contributed by atoms with Crippen LogP contribution < -0.4 is 0 Å². The van der Waals surface area contributed by atoms with Crippen LogP contribution in [0.1, 0.15) is 0 Å². The summed E-state index contributed by atoms with van der Waals surface area (Å²) in [7, 11) is -3.54. The summed E-state index contributed by atoms with van der Waals surface area (Å²) >= 11 is 6.37. The van der Waals surface area contributed by atoms with Gasteiger partial charge in [-0.25, -0.2) is 8.42 Å². The molecule has 2 rings (SSSR count). The van der Waals surface area contributed by atoms with Crippen LogP contribution in [0, 0.1) is 0 Å². The van der Waals surface area contributed by atoms with Gasteiger partial charge in [-0.05, 0) is 34.1 Å². The molecule has 0 saturated carbocycles. The van der Waals surface area contributed by atoms with E-state index in [1.165, 1.54) is 12.3 Å². The van der Waals surface area contributed by atoms with E-state index in [9.17, 15) is 8.42 Å². The van der Waals surface area contributed by atoms with Gasteiger partial charge in [-0.1, -0.05) is 22.0 Å². The van der Waals surface area contributed by atoms with Crippen LogP contribution >= 0.6 is 31.9 Å². The summed E-state index contributed by atoms with van der Waals surface area (Å²) in [5.74, 6) is 0. The predicted octanol–water partition coefficient (Wildman–Crippen LogP) is 2.77. The Hall–Kier alpha value is -0.660. The number of nitrogens with zero attached hydrogens (tertiary/aromatic N) is 1. The molecule has 0 unspecified atom stereocenters. The third-order valence-corrected chi connectivity index (χ3v) is 5.02. The quantitative estimate of drug-likeness (QED) is 0.889. The fourth-order valence-corrected chi connectivity index (χ4v) is 3.84. The van der Waals surface area contributed by atoms with Crippen molar-refractivity contribution in [1.29, 1.82) is 0 Å². The fraction of sp³-hybridized carbons (Fsp3) is 0. The lowest BCUT2D eigenvalue weighted by atomic mass is 10.4. The molecular weight excluding hydrogens is 360 g/mol. The first-order chi connectivity index (χ1) is 7.51. The molecule has 1 N–H and O–H groups in total. The van der Waals surface area contributed by atoms with Crippen molar-refractivity contribution in [3.8, 4) is 0 Å². The van der Waals surface area contributed by atoms with Gasteiger partial charge in [0.2, 0.25) is 9.84 Å². The van der Waals surface area contributed by atoms with E-state index in [1.54, 1.807) is 18.2 Å². The first kappa shape index (κ1) is 11.8. The molecule has 7 heteroatoms. The van der Waals surface area contributed by atoms with Crippen LogP contribution in [0.25, 0.3) is 0 Å². The van der Waals surface area contributed by atoms with Crippen molar-refractivity contribution in [2.24, 2.45) is 0 Å². The topological polar surface area (TPSA) is 62.8 Å². The van der Waals surface area contributed by atoms with Gasteiger partial charge in [0.25, 0.3) is 0 Å². The fourth-order valence-electron chi connectivity index (χ4n) is 1.20. The minimum atomic E-state index is -3.54. The molecule has 0 amide bonds. The Bertz CT molecular complexity index is 622. The second-order valence-electron chi connectivity index (χ2n) is 3.01. The summed E-state index contributed by atoms with van der Waals surface area (Å²) in [5, 5.41) is 6.20. The van der Waals surface area contributed by atoms with Gasteiger partial charge in [0, 0.05) is 4.47 Å². The average Bonchev–Trinajstić information content (AvgIpc) is 2.65. The minimum Gasteiger partial charge on any atom is -0.266 e. The Morgan fingerprint density at radius 2 is 2.00 bits per heavy atom. The Labute approximate surface area is 109 Å². The molecule has 4 nitrogen and oxygen atoms in total. The molecule has 1 aromatic carbocycles. The number of nitrogens with one attached hydrogen (secondary N) is 1. The largest absolute Gasteiger partial charge is 0.266 e. The zero-order valence-electron chi connectivity index (χ0n) is 7.81. The third kappa shape index (κ3) is 2.07. The van der Waals surface area contributed by atoms with Crippen molar-refractivity contribution in [3.63, 3.8) is 0 Å². The van der Waals surface area contributed by atoms with E-state index in [4.69, 9.17) is 0 Å². The number of H-pyrrole nitrogens is 1. The van der Waals surface area contributed by atoms with Crippen LogP contribution in [0.5, 0.6) is 0 Å². The number of aromatic nitrogens is 2. The van der Waals surface area contributed by atoms with Gasteiger partial charge in [0.05, 0.1) is 15.6 Å². The third-order valence-electron chi connectivity index (χ3n) is 1.94. The SMILES string of the molecule is O=S(=O)(c1cccc(Br)c1)c1[nH]ncc1Br. The first-order valence-corrected chi connectivity index (χ1v) is 7.28. The van der Waals surface area contributed by atoms with E-state index in [1.807, 2.05) is 0 Å². The Kier molecular flexibility index (Phi) is 3.18. The van der Waals surface area contributed by atoms with Crippen LogP contribution in [0.3, 0.4) is 0 Å². The second kappa shape index (κ2) is 4.31. The molecule has 0 radical (unpaired) electrons. The number of sulfone groups is 1. The summed E-state index contributed by atoms with van der Waals surface area (Å²) in [6, 6.07) is 6.51.